The van der Waals surface area contributed by atoms with Crippen LogP contribution in [0.2, 0.25) is 0 Å². The second-order valence-electron chi connectivity index (χ2n) is 10.8. The summed E-state index contributed by atoms with van der Waals surface area (Å²) in [6, 6.07) is 16.6. The van der Waals surface area contributed by atoms with Crippen molar-refractivity contribution in [3.05, 3.63) is 76.7 Å². The second kappa shape index (κ2) is 11.1. The maximum absolute atomic E-state index is 13.9. The number of aliphatic hydroxyl groups is 1. The Balaban J connectivity index is 1.58. The van der Waals surface area contributed by atoms with E-state index < -0.39 is 0 Å². The molecule has 4 heteroatoms. The predicted octanol–water partition coefficient (Wildman–Crippen LogP) is 8.53. The highest BCUT2D eigenvalue weighted by Crippen LogP contribution is 2.47. The van der Waals surface area contributed by atoms with Crippen LogP contribution in [0.1, 0.15) is 89.0 Å². The molecule has 5 rings (SSSR count). The number of hydrogen-bond acceptors (Lipinski definition) is 2. The van der Waals surface area contributed by atoms with E-state index in [1.54, 1.807) is 0 Å². The summed E-state index contributed by atoms with van der Waals surface area (Å²) in [5.41, 5.74) is 8.17. The van der Waals surface area contributed by atoms with E-state index in [4.69, 9.17) is 0 Å². The Morgan fingerprint density at radius 2 is 1.47 bits per heavy atom. The summed E-state index contributed by atoms with van der Waals surface area (Å²) in [6.45, 7) is 10.5. The highest BCUT2D eigenvalue weighted by molar-refractivity contribution is 6.47. The Morgan fingerprint density at radius 1 is 0.789 bits per heavy atom. The van der Waals surface area contributed by atoms with Gasteiger partial charge in [-0.05, 0) is 31.9 Å². The molecule has 0 amide bonds. The summed E-state index contributed by atoms with van der Waals surface area (Å²) in [5.74, 6) is 0.0976. The Kier molecular flexibility index (Phi) is 7.69. The van der Waals surface area contributed by atoms with Crippen molar-refractivity contribution < 1.29 is 14.5 Å². The number of unbranched alkanes of at least 4 members (excludes halogenated alkanes) is 6. The third-order valence-electron chi connectivity index (χ3n) is 8.36. The van der Waals surface area contributed by atoms with Crippen molar-refractivity contribution >= 4 is 39.2 Å². The Hall–Kier alpha value is -3.40. The number of aliphatic hydroxyl groups excluding tert-OH is 1. The van der Waals surface area contributed by atoms with Gasteiger partial charge in [-0.2, -0.15) is 4.58 Å². The molecule has 0 radical (unpaired) electrons. The van der Waals surface area contributed by atoms with Gasteiger partial charge in [0, 0.05) is 48.1 Å². The summed E-state index contributed by atoms with van der Waals surface area (Å²) in [5, 5.41) is 12.6. The molecule has 2 aliphatic rings. The van der Waals surface area contributed by atoms with Crippen molar-refractivity contribution in [2.75, 3.05) is 6.54 Å². The van der Waals surface area contributed by atoms with Crippen LogP contribution in [0.4, 0.5) is 5.69 Å². The molecule has 38 heavy (non-hydrogen) atoms. The van der Waals surface area contributed by atoms with Gasteiger partial charge in [-0.3, -0.25) is 4.79 Å². The van der Waals surface area contributed by atoms with E-state index in [1.165, 1.54) is 38.5 Å². The SMILES string of the molecule is CCCCCCn1c(C)c(C2=C(O)C(=C3C(C)=[N+](CCCCCC)c4ccccc43)C2=O)c2ccccc21. The quantitative estimate of drug-likeness (QED) is 0.160. The van der Waals surface area contributed by atoms with Crippen LogP contribution in [0.15, 0.2) is 59.9 Å². The van der Waals surface area contributed by atoms with Crippen LogP contribution < -0.4 is 0 Å². The zero-order chi connectivity index (χ0) is 26.8. The van der Waals surface area contributed by atoms with Gasteiger partial charge in [0.1, 0.15) is 12.3 Å². The fourth-order valence-electron chi connectivity index (χ4n) is 6.33. The summed E-state index contributed by atoms with van der Waals surface area (Å²) >= 11 is 0. The van der Waals surface area contributed by atoms with E-state index in [0.717, 1.165) is 70.6 Å². The zero-order valence-electron chi connectivity index (χ0n) is 23.4. The van der Waals surface area contributed by atoms with Gasteiger partial charge in [0.2, 0.25) is 11.5 Å². The van der Waals surface area contributed by atoms with Crippen molar-refractivity contribution in [1.82, 2.24) is 4.57 Å². The average Bonchev–Trinajstić information content (AvgIpc) is 3.35. The third kappa shape index (κ3) is 4.34. The van der Waals surface area contributed by atoms with Gasteiger partial charge in [-0.1, -0.05) is 76.3 Å². The number of ketones is 1. The van der Waals surface area contributed by atoms with Gasteiger partial charge in [-0.25, -0.2) is 0 Å². The number of fused-ring (bicyclic) bond motifs is 2. The van der Waals surface area contributed by atoms with E-state index in [0.29, 0.717) is 11.1 Å². The first-order chi connectivity index (χ1) is 18.5. The molecule has 4 nitrogen and oxygen atoms in total. The number of Topliss-reactive ketones (excluding diaryl/α,β-unsaturated/α-hetero) is 1. The van der Waals surface area contributed by atoms with E-state index in [2.05, 4.69) is 73.2 Å². The van der Waals surface area contributed by atoms with Crippen LogP contribution in [-0.2, 0) is 11.3 Å². The standard InChI is InChI=1S/C34H40N2O2/c1-5-7-9-15-21-35-23(3)29(25-17-11-13-19-27(25)35)31-33(37)32(34(31)38)30-24(4)36(22-16-10-8-6-2)28-20-14-12-18-26(28)30/h11-14,17-20H,5-10,15-16,21-22H2,1-4H3/p+1. The van der Waals surface area contributed by atoms with Crippen LogP contribution in [0.5, 0.6) is 0 Å². The molecule has 0 bridgehead atoms. The first kappa shape index (κ1) is 26.2. The number of carbonyl (C=O) groups excluding carboxylic acids is 1. The number of benzene rings is 2. The lowest BCUT2D eigenvalue weighted by molar-refractivity contribution is -0.438. The van der Waals surface area contributed by atoms with E-state index in [-0.39, 0.29) is 11.5 Å². The smallest absolute Gasteiger partial charge is 0.213 e. The van der Waals surface area contributed by atoms with Crippen molar-refractivity contribution in [1.29, 1.82) is 0 Å². The summed E-state index contributed by atoms with van der Waals surface area (Å²) in [4.78, 5) is 13.9. The molecule has 0 spiro atoms. The molecule has 1 N–H and O–H groups in total. The molecule has 1 aliphatic heterocycles. The number of hydrogen-bond donors (Lipinski definition) is 1. The molecular weight excluding hydrogens is 468 g/mol. The number of allylic oxidation sites excluding steroid dienone is 3. The molecule has 1 aromatic heterocycles. The van der Waals surface area contributed by atoms with Crippen LogP contribution in [0, 0.1) is 6.92 Å². The molecule has 0 unspecified atom stereocenters. The minimum Gasteiger partial charge on any atom is -0.506 e. The highest BCUT2D eigenvalue weighted by atomic mass is 16.3. The molecule has 1 aliphatic carbocycles. The number of nitrogens with zero attached hydrogens (tertiary/aromatic N) is 2. The number of rotatable bonds is 11. The van der Waals surface area contributed by atoms with Crippen molar-refractivity contribution in [2.45, 2.75) is 85.6 Å². The van der Waals surface area contributed by atoms with Crippen LogP contribution in [-0.4, -0.2) is 32.3 Å². The molecule has 0 fully saturated rings. The summed E-state index contributed by atoms with van der Waals surface area (Å²) < 4.78 is 4.67. The van der Waals surface area contributed by atoms with Gasteiger partial charge in [-0.15, -0.1) is 0 Å². The largest absolute Gasteiger partial charge is 0.506 e. The Morgan fingerprint density at radius 3 is 2.21 bits per heavy atom. The molecule has 0 atom stereocenters. The van der Waals surface area contributed by atoms with Crippen LogP contribution in [0.25, 0.3) is 22.0 Å². The molecule has 2 aromatic carbocycles. The number of carbonyl (C=O) groups is 1. The Bertz CT molecular complexity index is 1480. The zero-order valence-corrected chi connectivity index (χ0v) is 23.4. The van der Waals surface area contributed by atoms with Crippen molar-refractivity contribution in [3.63, 3.8) is 0 Å². The second-order valence-corrected chi connectivity index (χ2v) is 10.8. The molecule has 0 saturated carbocycles. The van der Waals surface area contributed by atoms with E-state index >= 15 is 0 Å². The molecule has 0 saturated heterocycles. The maximum atomic E-state index is 13.9. The predicted molar refractivity (Wildman–Crippen MR) is 158 cm³/mol. The number of aromatic nitrogens is 1. The normalized spacial score (nSPS) is 17.1. The number of para-hydroxylation sites is 2. The summed E-state index contributed by atoms with van der Waals surface area (Å²) in [7, 11) is 0. The van der Waals surface area contributed by atoms with Gasteiger partial charge >= 0.3 is 0 Å². The fraction of sp³-hybridized carbons (Fsp3) is 0.412. The average molecular weight is 510 g/mol. The van der Waals surface area contributed by atoms with Gasteiger partial charge in [0.05, 0.1) is 22.3 Å². The lowest BCUT2D eigenvalue weighted by Gasteiger charge is -2.23. The molecule has 2 heterocycles. The van der Waals surface area contributed by atoms with Crippen molar-refractivity contribution in [3.8, 4) is 0 Å². The van der Waals surface area contributed by atoms with Gasteiger partial charge in [0.25, 0.3) is 0 Å². The molecule has 3 aromatic rings. The maximum Gasteiger partial charge on any atom is 0.213 e. The fourth-order valence-corrected chi connectivity index (χ4v) is 6.33. The highest BCUT2D eigenvalue weighted by Gasteiger charge is 2.44. The monoisotopic (exact) mass is 509 g/mol. The van der Waals surface area contributed by atoms with Crippen molar-refractivity contribution in [2.24, 2.45) is 0 Å². The topological polar surface area (TPSA) is 45.2 Å². The van der Waals surface area contributed by atoms with Gasteiger partial charge in [0.15, 0.2) is 5.71 Å². The van der Waals surface area contributed by atoms with Gasteiger partial charge < -0.3 is 9.67 Å². The van der Waals surface area contributed by atoms with E-state index in [9.17, 15) is 9.90 Å². The Labute approximate surface area is 227 Å². The molecular formula is C34H41N2O2+. The summed E-state index contributed by atoms with van der Waals surface area (Å²) in [6.07, 6.45) is 9.51. The third-order valence-corrected chi connectivity index (χ3v) is 8.36. The van der Waals surface area contributed by atoms with Crippen LogP contribution in [0.3, 0.4) is 0 Å². The van der Waals surface area contributed by atoms with Crippen LogP contribution >= 0.6 is 0 Å². The lowest BCUT2D eigenvalue weighted by Crippen LogP contribution is -2.25. The lowest BCUT2D eigenvalue weighted by atomic mass is 9.78. The first-order valence-electron chi connectivity index (χ1n) is 14.5. The number of aryl methyl sites for hydroxylation is 1. The molecule has 198 valence electrons. The van der Waals surface area contributed by atoms with E-state index in [1.807, 2.05) is 12.1 Å². The minimum absolute atomic E-state index is 0.0449. The first-order valence-corrected chi connectivity index (χ1v) is 14.5. The minimum atomic E-state index is -0.0449.